The van der Waals surface area contributed by atoms with Crippen molar-refractivity contribution in [2.75, 3.05) is 34.4 Å². The minimum Gasteiger partial charge on any atom is -0.493 e. The normalized spacial score (nSPS) is 14.5. The molecule has 0 saturated carbocycles. The predicted octanol–water partition coefficient (Wildman–Crippen LogP) is 5.81. The molecule has 0 unspecified atom stereocenters. The lowest BCUT2D eigenvalue weighted by atomic mass is 10.1. The van der Waals surface area contributed by atoms with Crippen LogP contribution in [0.2, 0.25) is 0 Å². The van der Waals surface area contributed by atoms with Crippen molar-refractivity contribution in [2.45, 2.75) is 32.9 Å². The van der Waals surface area contributed by atoms with Crippen molar-refractivity contribution in [1.82, 2.24) is 9.47 Å². The van der Waals surface area contributed by atoms with Gasteiger partial charge in [0.25, 0.3) is 5.91 Å². The van der Waals surface area contributed by atoms with Gasteiger partial charge in [0, 0.05) is 9.86 Å². The van der Waals surface area contributed by atoms with Crippen molar-refractivity contribution in [3.8, 4) is 23.1 Å². The van der Waals surface area contributed by atoms with E-state index >= 15 is 0 Å². The van der Waals surface area contributed by atoms with Crippen LogP contribution in [0, 0.1) is 6.92 Å². The highest BCUT2D eigenvalue weighted by Crippen LogP contribution is 2.44. The van der Waals surface area contributed by atoms with Gasteiger partial charge in [0.05, 0.1) is 39.1 Å². The van der Waals surface area contributed by atoms with E-state index in [0.717, 1.165) is 41.5 Å². The molecule has 35 heavy (non-hydrogen) atoms. The van der Waals surface area contributed by atoms with Gasteiger partial charge in [-0.3, -0.25) is 14.3 Å². The van der Waals surface area contributed by atoms with Crippen LogP contribution in [-0.2, 0) is 6.67 Å². The van der Waals surface area contributed by atoms with Gasteiger partial charge in [0.15, 0.2) is 17.2 Å². The van der Waals surface area contributed by atoms with Gasteiger partial charge in [-0.05, 0) is 72.5 Å². The number of amides is 1. The highest BCUT2D eigenvalue weighted by molar-refractivity contribution is 9.10. The molecule has 1 aromatic heterocycles. The quantitative estimate of drug-likeness (QED) is 0.377. The van der Waals surface area contributed by atoms with Crippen LogP contribution in [-0.4, -0.2) is 54.9 Å². The summed E-state index contributed by atoms with van der Waals surface area (Å²) in [5.74, 6) is 0.415. The minimum absolute atomic E-state index is 0.0293. The number of hydrogen-bond acceptors (Lipinski definition) is 7. The number of nitrogens with zero attached hydrogens (tertiary/aromatic N) is 4. The molecule has 2 heterocycles. The first-order valence-corrected chi connectivity index (χ1v) is 12.2. The molecule has 0 aliphatic carbocycles. The van der Waals surface area contributed by atoms with Crippen LogP contribution < -0.4 is 14.2 Å². The van der Waals surface area contributed by atoms with Crippen LogP contribution >= 0.6 is 15.9 Å². The van der Waals surface area contributed by atoms with E-state index in [4.69, 9.17) is 14.2 Å². The maximum absolute atomic E-state index is 13.0. The molecule has 1 saturated heterocycles. The van der Waals surface area contributed by atoms with E-state index in [1.165, 1.54) is 39.9 Å². The Kier molecular flexibility index (Phi) is 7.61. The van der Waals surface area contributed by atoms with E-state index in [1.54, 1.807) is 0 Å². The zero-order valence-electron chi connectivity index (χ0n) is 20.3. The lowest BCUT2D eigenvalue weighted by Crippen LogP contribution is -2.31. The molecule has 0 bridgehead atoms. The van der Waals surface area contributed by atoms with Crippen molar-refractivity contribution in [3.63, 3.8) is 0 Å². The first-order valence-electron chi connectivity index (χ1n) is 11.4. The summed E-state index contributed by atoms with van der Waals surface area (Å²) in [5.41, 5.74) is 2.27. The van der Waals surface area contributed by atoms with Crippen molar-refractivity contribution in [1.29, 1.82) is 0 Å². The monoisotopic (exact) mass is 544 g/mol. The van der Waals surface area contributed by atoms with Crippen molar-refractivity contribution < 1.29 is 24.1 Å². The molecule has 1 fully saturated rings. The number of aromatic hydroxyl groups is 1. The van der Waals surface area contributed by atoms with Gasteiger partial charge in [-0.15, -0.1) is 10.2 Å². The van der Waals surface area contributed by atoms with E-state index in [0.29, 0.717) is 29.3 Å². The lowest BCUT2D eigenvalue weighted by Gasteiger charge is -2.27. The molecule has 9 nitrogen and oxygen atoms in total. The number of piperidine rings is 1. The average molecular weight is 545 g/mol. The summed E-state index contributed by atoms with van der Waals surface area (Å²) in [4.78, 5) is 15.3. The average Bonchev–Trinajstić information content (AvgIpc) is 3.15. The number of hydrogen-bond donors (Lipinski definition) is 1. The number of carbonyl (C=O) groups excluding carboxylic acids is 1. The number of likely N-dealkylation sites (tertiary alicyclic amines) is 1. The molecule has 3 aromatic rings. The van der Waals surface area contributed by atoms with E-state index in [1.807, 2.05) is 23.6 Å². The smallest absolute Gasteiger partial charge is 0.295 e. The van der Waals surface area contributed by atoms with Gasteiger partial charge in [-0.1, -0.05) is 12.5 Å². The van der Waals surface area contributed by atoms with Gasteiger partial charge in [0.2, 0.25) is 11.6 Å². The third kappa shape index (κ3) is 4.85. The summed E-state index contributed by atoms with van der Waals surface area (Å²) in [6.45, 7) is 4.45. The SMILES string of the molecule is COc1cc(C(=O)N=Nc2c(O)n(CN3CCCCC3)c3ccc(C)c(Br)c23)cc(OC)c1OC. The highest BCUT2D eigenvalue weighted by Gasteiger charge is 2.23. The minimum atomic E-state index is -0.607. The zero-order valence-corrected chi connectivity index (χ0v) is 21.9. The Morgan fingerprint density at radius 3 is 2.31 bits per heavy atom. The van der Waals surface area contributed by atoms with Crippen LogP contribution in [0.4, 0.5) is 5.69 Å². The number of halogens is 1. The molecule has 1 aliphatic rings. The molecule has 0 radical (unpaired) electrons. The fourth-order valence-corrected chi connectivity index (χ4v) is 4.89. The zero-order chi connectivity index (χ0) is 25.1. The Morgan fingerprint density at radius 2 is 1.71 bits per heavy atom. The molecular weight excluding hydrogens is 516 g/mol. The summed E-state index contributed by atoms with van der Waals surface area (Å²) in [6.07, 6.45) is 3.50. The standard InChI is InChI=1S/C25H29BrN4O5/c1-15-8-9-17-20(21(15)26)22(25(32)30(17)14-29-10-6-5-7-11-29)27-28-24(31)16-12-18(33-2)23(35-4)19(13-16)34-3/h8-9,12-13,32H,5-7,10-11,14H2,1-4H3. The lowest BCUT2D eigenvalue weighted by molar-refractivity contribution is 0.0994. The summed E-state index contributed by atoms with van der Waals surface area (Å²) < 4.78 is 18.6. The number of methoxy groups -OCH3 is 3. The number of aromatic nitrogens is 1. The predicted molar refractivity (Wildman–Crippen MR) is 136 cm³/mol. The second-order valence-corrected chi connectivity index (χ2v) is 9.22. The summed E-state index contributed by atoms with van der Waals surface area (Å²) in [6, 6.07) is 6.98. The van der Waals surface area contributed by atoms with Crippen LogP contribution in [0.25, 0.3) is 10.9 Å². The third-order valence-corrected chi connectivity index (χ3v) is 7.27. The van der Waals surface area contributed by atoms with Gasteiger partial charge < -0.3 is 19.3 Å². The maximum Gasteiger partial charge on any atom is 0.295 e. The number of aryl methyl sites for hydroxylation is 1. The van der Waals surface area contributed by atoms with E-state index in [9.17, 15) is 9.90 Å². The van der Waals surface area contributed by atoms with Crippen LogP contribution in [0.15, 0.2) is 39.0 Å². The molecule has 10 heteroatoms. The summed E-state index contributed by atoms with van der Waals surface area (Å²) in [7, 11) is 4.44. The molecular formula is C25H29BrN4O5. The van der Waals surface area contributed by atoms with E-state index in [-0.39, 0.29) is 17.1 Å². The Hall–Kier alpha value is -3.11. The van der Waals surface area contributed by atoms with Gasteiger partial charge in [0.1, 0.15) is 0 Å². The molecule has 0 spiro atoms. The first-order chi connectivity index (χ1) is 16.9. The third-order valence-electron chi connectivity index (χ3n) is 6.25. The molecule has 2 aromatic carbocycles. The Balaban J connectivity index is 1.74. The first kappa shape index (κ1) is 25.0. The molecule has 1 aliphatic heterocycles. The van der Waals surface area contributed by atoms with Crippen LogP contribution in [0.5, 0.6) is 23.1 Å². The van der Waals surface area contributed by atoms with Crippen LogP contribution in [0.3, 0.4) is 0 Å². The second-order valence-electron chi connectivity index (χ2n) is 8.43. The van der Waals surface area contributed by atoms with Gasteiger partial charge in [-0.25, -0.2) is 0 Å². The summed E-state index contributed by atoms with van der Waals surface area (Å²) >= 11 is 3.64. The fraction of sp³-hybridized carbons (Fsp3) is 0.400. The molecule has 4 rings (SSSR count). The molecule has 0 atom stereocenters. The number of azo groups is 1. The topological polar surface area (TPSA) is 97.9 Å². The van der Waals surface area contributed by atoms with Crippen molar-refractivity contribution in [2.24, 2.45) is 10.2 Å². The summed E-state index contributed by atoms with van der Waals surface area (Å²) in [5, 5.41) is 20.0. The molecule has 1 N–H and O–H groups in total. The number of ether oxygens (including phenoxy) is 3. The molecule has 186 valence electrons. The number of rotatable bonds is 7. The Bertz CT molecular complexity index is 1260. The van der Waals surface area contributed by atoms with Crippen LogP contribution in [0.1, 0.15) is 35.2 Å². The van der Waals surface area contributed by atoms with E-state index in [2.05, 4.69) is 31.1 Å². The maximum atomic E-state index is 13.0. The second kappa shape index (κ2) is 10.7. The van der Waals surface area contributed by atoms with Crippen molar-refractivity contribution in [3.05, 3.63) is 39.9 Å². The number of carbonyl (C=O) groups is 1. The molecule has 1 amide bonds. The van der Waals surface area contributed by atoms with E-state index < -0.39 is 5.91 Å². The number of benzene rings is 2. The number of fused-ring (bicyclic) bond motifs is 1. The highest BCUT2D eigenvalue weighted by atomic mass is 79.9. The fourth-order valence-electron chi connectivity index (χ4n) is 4.37. The largest absolute Gasteiger partial charge is 0.493 e. The van der Waals surface area contributed by atoms with Crippen molar-refractivity contribution >= 4 is 38.4 Å². The Labute approximate surface area is 212 Å². The van der Waals surface area contributed by atoms with Gasteiger partial charge in [-0.2, -0.15) is 0 Å². The Morgan fingerprint density at radius 1 is 1.06 bits per heavy atom. The van der Waals surface area contributed by atoms with Gasteiger partial charge >= 0.3 is 0 Å².